The summed E-state index contributed by atoms with van der Waals surface area (Å²) < 4.78 is 15.1. The number of rotatable bonds is 5. The number of fused-ring (bicyclic) bond motifs is 2. The number of hydrogen-bond donors (Lipinski definition) is 1. The van der Waals surface area contributed by atoms with E-state index in [1.165, 1.54) is 5.57 Å². The van der Waals surface area contributed by atoms with E-state index in [4.69, 9.17) is 16.6 Å². The molecular formula is C29H28ClFN4O. The summed E-state index contributed by atoms with van der Waals surface area (Å²) in [7, 11) is 0. The number of aromatic nitrogens is 3. The molecular weight excluding hydrogens is 475 g/mol. The van der Waals surface area contributed by atoms with Gasteiger partial charge in [-0.05, 0) is 89.9 Å². The minimum absolute atomic E-state index is 0.133. The minimum atomic E-state index is -0.260. The van der Waals surface area contributed by atoms with Gasteiger partial charge in [0, 0.05) is 49.8 Å². The van der Waals surface area contributed by atoms with E-state index in [0.29, 0.717) is 5.02 Å². The number of phenolic OH excluding ortho intramolecular Hbond substituents is 1. The Morgan fingerprint density at radius 2 is 2.03 bits per heavy atom. The molecule has 4 heterocycles. The normalized spacial score (nSPS) is 20.3. The molecule has 6 rings (SSSR count). The highest BCUT2D eigenvalue weighted by molar-refractivity contribution is 6.32. The molecule has 2 aliphatic rings. The van der Waals surface area contributed by atoms with Crippen LogP contribution in [-0.4, -0.2) is 43.6 Å². The van der Waals surface area contributed by atoms with Gasteiger partial charge < -0.3 is 9.51 Å². The first-order valence-corrected chi connectivity index (χ1v) is 12.8. The van der Waals surface area contributed by atoms with E-state index in [1.54, 1.807) is 18.5 Å². The second-order valence-corrected chi connectivity index (χ2v) is 10.3. The standard InChI is InChI=1S/C29H28ClFN4O/c1-18-21(13-31)15-35(18)17-22-16-34-10-8-20(12-28(34)33-22)29-24-6-5-23(36)11-19(24)3-2-4-26(29)25-7-9-32-14-27(25)30/h5-12,14,16,18,21,36H,2-4,13,15,17H2,1H3. The Hall–Kier alpha value is -3.22. The quantitative estimate of drug-likeness (QED) is 0.354. The zero-order valence-electron chi connectivity index (χ0n) is 20.2. The molecule has 184 valence electrons. The summed E-state index contributed by atoms with van der Waals surface area (Å²) in [6, 6.07) is 12.1. The van der Waals surface area contributed by atoms with Gasteiger partial charge in [-0.2, -0.15) is 0 Å². The van der Waals surface area contributed by atoms with E-state index in [2.05, 4.69) is 41.3 Å². The van der Waals surface area contributed by atoms with Crippen molar-refractivity contribution in [3.63, 3.8) is 0 Å². The number of halogens is 2. The number of likely N-dealkylation sites (tertiary alicyclic amines) is 1. The fourth-order valence-corrected chi connectivity index (χ4v) is 5.87. The van der Waals surface area contributed by atoms with Gasteiger partial charge >= 0.3 is 0 Å². The predicted molar refractivity (Wildman–Crippen MR) is 141 cm³/mol. The fraction of sp³-hybridized carbons (Fsp3) is 0.310. The average molecular weight is 503 g/mol. The molecule has 1 fully saturated rings. The number of benzene rings is 1. The minimum Gasteiger partial charge on any atom is -0.508 e. The molecule has 0 amide bonds. The molecule has 36 heavy (non-hydrogen) atoms. The van der Waals surface area contributed by atoms with Crippen molar-refractivity contribution in [3.05, 3.63) is 94.2 Å². The molecule has 3 aromatic heterocycles. The first-order valence-electron chi connectivity index (χ1n) is 12.4. The second-order valence-electron chi connectivity index (χ2n) is 9.90. The third-order valence-corrected chi connectivity index (χ3v) is 8.02. The van der Waals surface area contributed by atoms with Crippen molar-refractivity contribution in [1.82, 2.24) is 19.3 Å². The lowest BCUT2D eigenvalue weighted by atomic mass is 9.88. The molecule has 1 N–H and O–H groups in total. The largest absolute Gasteiger partial charge is 0.508 e. The lowest BCUT2D eigenvalue weighted by molar-refractivity contribution is 0.00517. The molecule has 0 spiro atoms. The highest BCUT2D eigenvalue weighted by atomic mass is 35.5. The van der Waals surface area contributed by atoms with E-state index in [0.717, 1.165) is 71.5 Å². The first kappa shape index (κ1) is 23.2. The van der Waals surface area contributed by atoms with Crippen LogP contribution < -0.4 is 0 Å². The van der Waals surface area contributed by atoms with Gasteiger partial charge in [-0.25, -0.2) is 4.98 Å². The van der Waals surface area contributed by atoms with Crippen LogP contribution >= 0.6 is 11.6 Å². The molecule has 1 aliphatic carbocycles. The lowest BCUT2D eigenvalue weighted by Crippen LogP contribution is -2.54. The maximum Gasteiger partial charge on any atom is 0.137 e. The highest BCUT2D eigenvalue weighted by Crippen LogP contribution is 2.42. The number of aryl methyl sites for hydroxylation is 1. The number of nitrogens with zero attached hydrogens (tertiary/aromatic N) is 4. The summed E-state index contributed by atoms with van der Waals surface area (Å²) in [6.07, 6.45) is 10.3. The Kier molecular flexibility index (Phi) is 6.02. The van der Waals surface area contributed by atoms with Crippen LogP contribution in [0.25, 0.3) is 16.8 Å². The van der Waals surface area contributed by atoms with Gasteiger partial charge in [0.2, 0.25) is 0 Å². The van der Waals surface area contributed by atoms with Crippen molar-refractivity contribution in [2.75, 3.05) is 13.2 Å². The maximum atomic E-state index is 13.0. The predicted octanol–water partition coefficient (Wildman–Crippen LogP) is 6.17. The molecule has 5 nitrogen and oxygen atoms in total. The Morgan fingerprint density at radius 3 is 2.83 bits per heavy atom. The molecule has 1 aromatic carbocycles. The van der Waals surface area contributed by atoms with Gasteiger partial charge in [-0.3, -0.25) is 14.3 Å². The highest BCUT2D eigenvalue weighted by Gasteiger charge is 2.35. The summed E-state index contributed by atoms with van der Waals surface area (Å²) >= 11 is 6.63. The molecule has 1 saturated heterocycles. The lowest BCUT2D eigenvalue weighted by Gasteiger charge is -2.44. The van der Waals surface area contributed by atoms with E-state index >= 15 is 0 Å². The molecule has 0 saturated carbocycles. The number of hydrogen-bond acceptors (Lipinski definition) is 4. The van der Waals surface area contributed by atoms with Gasteiger partial charge in [-0.1, -0.05) is 17.7 Å². The van der Waals surface area contributed by atoms with Gasteiger partial charge in [0.25, 0.3) is 0 Å². The summed E-state index contributed by atoms with van der Waals surface area (Å²) in [5.74, 6) is 0.413. The molecule has 2 unspecified atom stereocenters. The maximum absolute atomic E-state index is 13.0. The van der Waals surface area contributed by atoms with Crippen molar-refractivity contribution < 1.29 is 9.50 Å². The summed E-state index contributed by atoms with van der Waals surface area (Å²) in [6.45, 7) is 3.33. The third-order valence-electron chi connectivity index (χ3n) is 7.72. The van der Waals surface area contributed by atoms with E-state index in [9.17, 15) is 9.50 Å². The number of aromatic hydroxyl groups is 1. The van der Waals surface area contributed by atoms with Crippen molar-refractivity contribution >= 4 is 28.4 Å². The second kappa shape index (κ2) is 9.34. The zero-order chi connectivity index (χ0) is 24.8. The van der Waals surface area contributed by atoms with Crippen molar-refractivity contribution in [2.24, 2.45) is 5.92 Å². The molecule has 7 heteroatoms. The number of pyridine rings is 2. The number of imidazole rings is 1. The van der Waals surface area contributed by atoms with Crippen LogP contribution in [0.15, 0.2) is 61.2 Å². The van der Waals surface area contributed by atoms with Gasteiger partial charge in [0.1, 0.15) is 11.4 Å². The third kappa shape index (κ3) is 4.08. The number of phenols is 1. The van der Waals surface area contributed by atoms with Crippen LogP contribution in [0.1, 0.15) is 47.7 Å². The molecule has 2 atom stereocenters. The van der Waals surface area contributed by atoms with E-state index in [1.807, 2.05) is 22.6 Å². The Labute approximate surface area is 214 Å². The van der Waals surface area contributed by atoms with Crippen LogP contribution in [0.3, 0.4) is 0 Å². The number of alkyl halides is 1. The van der Waals surface area contributed by atoms with Crippen LogP contribution in [0.2, 0.25) is 5.02 Å². The molecule has 0 bridgehead atoms. The topological polar surface area (TPSA) is 53.7 Å². The zero-order valence-corrected chi connectivity index (χ0v) is 20.9. The summed E-state index contributed by atoms with van der Waals surface area (Å²) in [5, 5.41) is 10.8. The van der Waals surface area contributed by atoms with Gasteiger partial charge in [0.15, 0.2) is 0 Å². The van der Waals surface area contributed by atoms with Crippen LogP contribution in [0.5, 0.6) is 5.75 Å². The van der Waals surface area contributed by atoms with Crippen LogP contribution in [0.4, 0.5) is 4.39 Å². The number of allylic oxidation sites excluding steroid dienone is 1. The molecule has 1 aliphatic heterocycles. The molecule has 4 aromatic rings. The van der Waals surface area contributed by atoms with Crippen LogP contribution in [-0.2, 0) is 13.0 Å². The Balaban J connectivity index is 1.45. The first-order chi connectivity index (χ1) is 17.5. The fourth-order valence-electron chi connectivity index (χ4n) is 5.63. The average Bonchev–Trinajstić information content (AvgIpc) is 3.19. The van der Waals surface area contributed by atoms with Gasteiger partial charge in [-0.15, -0.1) is 0 Å². The Bertz CT molecular complexity index is 1480. The summed E-state index contributed by atoms with van der Waals surface area (Å²) in [5.41, 5.74) is 8.43. The van der Waals surface area contributed by atoms with Gasteiger partial charge in [0.05, 0.1) is 17.4 Å². The smallest absolute Gasteiger partial charge is 0.137 e. The molecule has 0 radical (unpaired) electrons. The Morgan fingerprint density at radius 1 is 1.14 bits per heavy atom. The van der Waals surface area contributed by atoms with Crippen molar-refractivity contribution in [2.45, 2.75) is 38.8 Å². The monoisotopic (exact) mass is 502 g/mol. The summed E-state index contributed by atoms with van der Waals surface area (Å²) in [4.78, 5) is 11.4. The van der Waals surface area contributed by atoms with E-state index in [-0.39, 0.29) is 24.4 Å². The van der Waals surface area contributed by atoms with Crippen molar-refractivity contribution in [1.29, 1.82) is 0 Å². The SMILES string of the molecule is CC1C(CF)CN1Cc1cn2ccc(C3=C(c4ccncc4Cl)CCCc4cc(O)ccc43)cc2n1. The van der Waals surface area contributed by atoms with Crippen molar-refractivity contribution in [3.8, 4) is 5.75 Å². The van der Waals surface area contributed by atoms with E-state index < -0.39 is 0 Å². The van der Waals surface area contributed by atoms with Crippen LogP contribution in [0, 0.1) is 5.92 Å².